The number of halogens is 1. The van der Waals surface area contributed by atoms with Crippen LogP contribution in [0.2, 0.25) is 5.02 Å². The lowest BCUT2D eigenvalue weighted by Crippen LogP contribution is -2.27. The van der Waals surface area contributed by atoms with Crippen LogP contribution in [-0.2, 0) is 0 Å². The van der Waals surface area contributed by atoms with Crippen LogP contribution in [0.4, 0.5) is 5.69 Å². The van der Waals surface area contributed by atoms with Crippen molar-refractivity contribution in [1.82, 2.24) is 4.90 Å². The smallest absolute Gasteiger partial charge is 0.253 e. The summed E-state index contributed by atoms with van der Waals surface area (Å²) >= 11 is 7.94. The van der Waals surface area contributed by atoms with Gasteiger partial charge in [0.05, 0.1) is 11.4 Å². The number of fused-ring (bicyclic) bond motifs is 2. The molecule has 0 spiro atoms. The summed E-state index contributed by atoms with van der Waals surface area (Å²) < 4.78 is 0. The Morgan fingerprint density at radius 1 is 1.03 bits per heavy atom. The number of aliphatic imine (C=N–C) groups is 1. The van der Waals surface area contributed by atoms with Gasteiger partial charge >= 0.3 is 0 Å². The largest absolute Gasteiger partial charge is 0.342 e. The minimum Gasteiger partial charge on any atom is -0.342 e. The van der Waals surface area contributed by atoms with Crippen LogP contribution < -0.4 is 0 Å². The van der Waals surface area contributed by atoms with E-state index in [0.717, 1.165) is 51.7 Å². The van der Waals surface area contributed by atoms with Gasteiger partial charge in [-0.25, -0.2) is 4.99 Å². The van der Waals surface area contributed by atoms with Crippen molar-refractivity contribution in [3.8, 4) is 0 Å². The highest BCUT2D eigenvalue weighted by Gasteiger charge is 2.20. The predicted molar refractivity (Wildman–Crippen MR) is 126 cm³/mol. The Morgan fingerprint density at radius 2 is 1.87 bits per heavy atom. The SMILES string of the molecule is CCCCN(C)C(=O)c1ccc2c(c1)N=C(c1cccc(Cl)c1)c1ccccc1S2. The van der Waals surface area contributed by atoms with Gasteiger partial charge in [-0.05, 0) is 42.8 Å². The molecule has 0 fully saturated rings. The lowest BCUT2D eigenvalue weighted by molar-refractivity contribution is 0.0793. The summed E-state index contributed by atoms with van der Waals surface area (Å²) in [5, 5.41) is 0.672. The summed E-state index contributed by atoms with van der Waals surface area (Å²) in [6, 6.07) is 21.8. The lowest BCUT2D eigenvalue weighted by Gasteiger charge is -2.17. The summed E-state index contributed by atoms with van der Waals surface area (Å²) in [5.74, 6) is 0.0255. The van der Waals surface area contributed by atoms with Crippen molar-refractivity contribution in [2.75, 3.05) is 13.6 Å². The zero-order chi connectivity index (χ0) is 21.1. The molecule has 3 aromatic carbocycles. The van der Waals surface area contributed by atoms with E-state index in [9.17, 15) is 4.79 Å². The Bertz CT molecular complexity index is 1130. The van der Waals surface area contributed by atoms with E-state index < -0.39 is 0 Å². The first-order chi connectivity index (χ1) is 14.6. The molecular formula is C25H23ClN2OS. The molecule has 0 unspecified atom stereocenters. The van der Waals surface area contributed by atoms with Crippen molar-refractivity contribution in [3.63, 3.8) is 0 Å². The van der Waals surface area contributed by atoms with E-state index in [1.54, 1.807) is 16.7 Å². The van der Waals surface area contributed by atoms with Crippen molar-refractivity contribution in [1.29, 1.82) is 0 Å². The van der Waals surface area contributed by atoms with E-state index in [1.165, 1.54) is 0 Å². The molecule has 0 N–H and O–H groups in total. The molecule has 4 rings (SSSR count). The van der Waals surface area contributed by atoms with Crippen molar-refractivity contribution < 1.29 is 4.79 Å². The van der Waals surface area contributed by atoms with E-state index in [-0.39, 0.29) is 5.91 Å². The highest BCUT2D eigenvalue weighted by molar-refractivity contribution is 7.99. The molecule has 0 aromatic heterocycles. The molecule has 0 saturated heterocycles. The molecule has 1 aliphatic heterocycles. The fourth-order valence-corrected chi connectivity index (χ4v) is 4.64. The lowest BCUT2D eigenvalue weighted by atomic mass is 10.0. The van der Waals surface area contributed by atoms with Gasteiger partial charge in [0, 0.05) is 45.1 Å². The van der Waals surface area contributed by atoms with Crippen molar-refractivity contribution >= 4 is 40.7 Å². The molecule has 0 bridgehead atoms. The van der Waals surface area contributed by atoms with Gasteiger partial charge in [-0.15, -0.1) is 0 Å². The molecular weight excluding hydrogens is 412 g/mol. The van der Waals surface area contributed by atoms with Crippen molar-refractivity contribution in [3.05, 3.63) is 88.4 Å². The molecule has 3 nitrogen and oxygen atoms in total. The summed E-state index contributed by atoms with van der Waals surface area (Å²) in [6.07, 6.45) is 2.05. The van der Waals surface area contributed by atoms with Gasteiger partial charge in [0.25, 0.3) is 5.91 Å². The topological polar surface area (TPSA) is 32.7 Å². The van der Waals surface area contributed by atoms with Crippen LogP contribution in [0.25, 0.3) is 0 Å². The molecule has 1 aliphatic rings. The number of rotatable bonds is 5. The number of carbonyl (C=O) groups is 1. The third-order valence-corrected chi connectivity index (χ3v) is 6.47. The number of amides is 1. The Kier molecular flexibility index (Phi) is 6.26. The normalized spacial score (nSPS) is 12.4. The highest BCUT2D eigenvalue weighted by atomic mass is 35.5. The fraction of sp³-hybridized carbons (Fsp3) is 0.200. The summed E-state index contributed by atoms with van der Waals surface area (Å²) in [5.41, 5.74) is 4.35. The molecule has 0 radical (unpaired) electrons. The molecule has 5 heteroatoms. The van der Waals surface area contributed by atoms with Gasteiger partial charge in [-0.1, -0.05) is 67.0 Å². The second-order valence-corrected chi connectivity index (χ2v) is 8.85. The van der Waals surface area contributed by atoms with Crippen LogP contribution >= 0.6 is 23.4 Å². The molecule has 0 atom stereocenters. The number of carbonyl (C=O) groups excluding carboxylic acids is 1. The quantitative estimate of drug-likeness (QED) is 0.344. The molecule has 3 aromatic rings. The Labute approximate surface area is 186 Å². The van der Waals surface area contributed by atoms with E-state index in [1.807, 2.05) is 61.6 Å². The van der Waals surface area contributed by atoms with Gasteiger partial charge in [-0.2, -0.15) is 0 Å². The number of hydrogen-bond acceptors (Lipinski definition) is 3. The number of unbranched alkanes of at least 4 members (excludes halogenated alkanes) is 1. The summed E-state index contributed by atoms with van der Waals surface area (Å²) in [4.78, 5) is 21.9. The van der Waals surface area contributed by atoms with E-state index in [2.05, 4.69) is 19.1 Å². The van der Waals surface area contributed by atoms with Crippen LogP contribution in [-0.4, -0.2) is 30.1 Å². The molecule has 152 valence electrons. The Morgan fingerprint density at radius 3 is 2.67 bits per heavy atom. The number of benzene rings is 3. The van der Waals surface area contributed by atoms with Gasteiger partial charge in [0.1, 0.15) is 0 Å². The van der Waals surface area contributed by atoms with Crippen LogP contribution in [0.15, 0.2) is 81.5 Å². The monoisotopic (exact) mass is 434 g/mol. The Hall–Kier alpha value is -2.56. The zero-order valence-electron chi connectivity index (χ0n) is 17.1. The van der Waals surface area contributed by atoms with Crippen LogP contribution in [0.3, 0.4) is 0 Å². The molecule has 30 heavy (non-hydrogen) atoms. The fourth-order valence-electron chi connectivity index (χ4n) is 3.45. The van der Waals surface area contributed by atoms with Gasteiger partial charge in [-0.3, -0.25) is 4.79 Å². The molecule has 1 amide bonds. The second-order valence-electron chi connectivity index (χ2n) is 7.33. The van der Waals surface area contributed by atoms with E-state index in [0.29, 0.717) is 10.6 Å². The maximum atomic E-state index is 12.9. The first-order valence-corrected chi connectivity index (χ1v) is 11.3. The predicted octanol–water partition coefficient (Wildman–Crippen LogP) is 6.85. The summed E-state index contributed by atoms with van der Waals surface area (Å²) in [6.45, 7) is 2.88. The van der Waals surface area contributed by atoms with Crippen LogP contribution in [0, 0.1) is 0 Å². The zero-order valence-corrected chi connectivity index (χ0v) is 18.6. The number of nitrogens with zero attached hydrogens (tertiary/aromatic N) is 2. The standard InChI is InChI=1S/C25H23ClN2OS/c1-3-4-14-28(2)25(29)18-12-13-23-21(16-18)27-24(17-8-7-9-19(26)15-17)20-10-5-6-11-22(20)30-23/h5-13,15-16H,3-4,14H2,1-2H3. The molecule has 0 aliphatic carbocycles. The average Bonchev–Trinajstić information content (AvgIpc) is 2.93. The van der Waals surface area contributed by atoms with Crippen LogP contribution in [0.5, 0.6) is 0 Å². The number of hydrogen-bond donors (Lipinski definition) is 0. The minimum atomic E-state index is 0.0255. The van der Waals surface area contributed by atoms with Crippen molar-refractivity contribution in [2.24, 2.45) is 4.99 Å². The van der Waals surface area contributed by atoms with Gasteiger partial charge < -0.3 is 4.90 Å². The average molecular weight is 435 g/mol. The van der Waals surface area contributed by atoms with E-state index in [4.69, 9.17) is 16.6 Å². The van der Waals surface area contributed by atoms with E-state index >= 15 is 0 Å². The maximum absolute atomic E-state index is 12.9. The molecule has 1 heterocycles. The second kappa shape index (κ2) is 9.07. The first-order valence-electron chi connectivity index (χ1n) is 10.1. The van der Waals surface area contributed by atoms with Crippen LogP contribution in [0.1, 0.15) is 41.3 Å². The third-order valence-electron chi connectivity index (χ3n) is 5.09. The van der Waals surface area contributed by atoms with Gasteiger partial charge in [0.2, 0.25) is 0 Å². The third kappa shape index (κ3) is 4.30. The maximum Gasteiger partial charge on any atom is 0.253 e. The Balaban J connectivity index is 1.81. The highest BCUT2D eigenvalue weighted by Crippen LogP contribution is 2.41. The van der Waals surface area contributed by atoms with Gasteiger partial charge in [0.15, 0.2) is 0 Å². The summed E-state index contributed by atoms with van der Waals surface area (Å²) in [7, 11) is 1.86. The first kappa shape index (κ1) is 20.7. The minimum absolute atomic E-state index is 0.0255. The molecule has 0 saturated carbocycles. The van der Waals surface area contributed by atoms with Crippen molar-refractivity contribution in [2.45, 2.75) is 29.6 Å².